The van der Waals surface area contributed by atoms with Gasteiger partial charge in [0.05, 0.1) is 6.07 Å². The Hall–Kier alpha value is -1.04. The molecule has 0 aromatic rings. The van der Waals surface area contributed by atoms with Crippen LogP contribution in [0.1, 0.15) is 45.4 Å². The highest BCUT2D eigenvalue weighted by molar-refractivity contribution is 5.78. The third kappa shape index (κ3) is 2.73. The third-order valence-corrected chi connectivity index (χ3v) is 2.91. The summed E-state index contributed by atoms with van der Waals surface area (Å²) < 4.78 is 0. The van der Waals surface area contributed by atoms with Gasteiger partial charge in [-0.25, -0.2) is 0 Å². The topological polar surface area (TPSA) is 44.1 Å². The van der Waals surface area contributed by atoms with E-state index in [4.69, 9.17) is 5.26 Å². The normalized spacial score (nSPS) is 17.4. The summed E-state index contributed by atoms with van der Waals surface area (Å²) in [6.45, 7) is 2.73. The maximum Gasteiger partial charge on any atom is 0.237 e. The number of carbonyl (C=O) groups excluding carboxylic acids is 1. The highest BCUT2D eigenvalue weighted by atomic mass is 16.2. The molecule has 1 aliphatic rings. The van der Waals surface area contributed by atoms with Crippen molar-refractivity contribution in [2.24, 2.45) is 0 Å². The van der Waals surface area contributed by atoms with Crippen molar-refractivity contribution in [3.8, 4) is 6.07 Å². The standard InChI is InChI=1S/C11H18N2O/c1-2-13(11(14)8-9-12)10-6-4-3-5-7-10/h10H,2-8H2,1H3. The van der Waals surface area contributed by atoms with E-state index in [2.05, 4.69) is 0 Å². The highest BCUT2D eigenvalue weighted by Gasteiger charge is 2.23. The van der Waals surface area contributed by atoms with Gasteiger partial charge in [-0.1, -0.05) is 19.3 Å². The van der Waals surface area contributed by atoms with Crippen molar-refractivity contribution in [3.63, 3.8) is 0 Å². The van der Waals surface area contributed by atoms with E-state index in [0.717, 1.165) is 19.4 Å². The molecule has 14 heavy (non-hydrogen) atoms. The molecule has 0 unspecified atom stereocenters. The van der Waals surface area contributed by atoms with E-state index in [-0.39, 0.29) is 12.3 Å². The van der Waals surface area contributed by atoms with Crippen molar-refractivity contribution < 1.29 is 4.79 Å². The van der Waals surface area contributed by atoms with Gasteiger partial charge >= 0.3 is 0 Å². The van der Waals surface area contributed by atoms with Crippen LogP contribution in [0.4, 0.5) is 0 Å². The molecule has 0 spiro atoms. The number of hydrogen-bond acceptors (Lipinski definition) is 2. The molecule has 0 aromatic carbocycles. The van der Waals surface area contributed by atoms with Crippen LogP contribution in [0.2, 0.25) is 0 Å². The molecule has 0 radical (unpaired) electrons. The van der Waals surface area contributed by atoms with Gasteiger partial charge in [-0.3, -0.25) is 4.79 Å². The van der Waals surface area contributed by atoms with Crippen LogP contribution in [0.3, 0.4) is 0 Å². The van der Waals surface area contributed by atoms with Crippen LogP contribution in [0.15, 0.2) is 0 Å². The summed E-state index contributed by atoms with van der Waals surface area (Å²) in [4.78, 5) is 13.5. The van der Waals surface area contributed by atoms with Crippen molar-refractivity contribution in [1.29, 1.82) is 5.26 Å². The Labute approximate surface area is 85.7 Å². The summed E-state index contributed by atoms with van der Waals surface area (Å²) in [6.07, 6.45) is 6.00. The molecule has 0 aromatic heterocycles. The Bertz CT molecular complexity index is 226. The first-order valence-electron chi connectivity index (χ1n) is 5.46. The van der Waals surface area contributed by atoms with Gasteiger partial charge in [-0.15, -0.1) is 0 Å². The maximum atomic E-state index is 11.6. The van der Waals surface area contributed by atoms with Crippen LogP contribution in [0, 0.1) is 11.3 Å². The fourth-order valence-electron chi connectivity index (χ4n) is 2.20. The monoisotopic (exact) mass is 194 g/mol. The van der Waals surface area contributed by atoms with E-state index in [1.807, 2.05) is 17.9 Å². The van der Waals surface area contributed by atoms with E-state index >= 15 is 0 Å². The van der Waals surface area contributed by atoms with Gasteiger partial charge in [0.2, 0.25) is 5.91 Å². The lowest BCUT2D eigenvalue weighted by Crippen LogP contribution is -2.41. The molecule has 3 nitrogen and oxygen atoms in total. The fraction of sp³-hybridized carbons (Fsp3) is 0.818. The van der Waals surface area contributed by atoms with Crippen molar-refractivity contribution in [2.75, 3.05) is 6.54 Å². The number of nitriles is 1. The molecule has 0 heterocycles. The zero-order valence-electron chi connectivity index (χ0n) is 8.83. The smallest absolute Gasteiger partial charge is 0.237 e. The second-order valence-corrected chi connectivity index (χ2v) is 3.81. The molecule has 1 amide bonds. The van der Waals surface area contributed by atoms with E-state index in [1.165, 1.54) is 19.3 Å². The van der Waals surface area contributed by atoms with Crippen LogP contribution >= 0.6 is 0 Å². The van der Waals surface area contributed by atoms with Crippen molar-refractivity contribution in [1.82, 2.24) is 4.90 Å². The lowest BCUT2D eigenvalue weighted by molar-refractivity contribution is -0.132. The second kappa shape index (κ2) is 5.64. The fourth-order valence-corrected chi connectivity index (χ4v) is 2.20. The quantitative estimate of drug-likeness (QED) is 0.690. The van der Waals surface area contributed by atoms with Crippen molar-refractivity contribution in [2.45, 2.75) is 51.5 Å². The Morgan fingerprint density at radius 3 is 2.57 bits per heavy atom. The second-order valence-electron chi connectivity index (χ2n) is 3.81. The lowest BCUT2D eigenvalue weighted by Gasteiger charge is -2.33. The molecular formula is C11H18N2O. The van der Waals surface area contributed by atoms with E-state index in [9.17, 15) is 4.79 Å². The zero-order chi connectivity index (χ0) is 10.4. The SMILES string of the molecule is CCN(C(=O)CC#N)C1CCCCC1. The van der Waals surface area contributed by atoms with Crippen LogP contribution < -0.4 is 0 Å². The summed E-state index contributed by atoms with van der Waals surface area (Å²) in [5.41, 5.74) is 0. The molecule has 0 saturated heterocycles. The molecule has 0 bridgehead atoms. The van der Waals surface area contributed by atoms with Gasteiger partial charge in [0.1, 0.15) is 6.42 Å². The largest absolute Gasteiger partial charge is 0.339 e. The van der Waals surface area contributed by atoms with Crippen LogP contribution in [-0.4, -0.2) is 23.4 Å². The molecule has 1 rings (SSSR count). The molecule has 0 atom stereocenters. The minimum Gasteiger partial charge on any atom is -0.339 e. The highest BCUT2D eigenvalue weighted by Crippen LogP contribution is 2.22. The first-order chi connectivity index (χ1) is 6.79. The molecule has 1 saturated carbocycles. The zero-order valence-corrected chi connectivity index (χ0v) is 8.83. The first-order valence-corrected chi connectivity index (χ1v) is 5.46. The summed E-state index contributed by atoms with van der Waals surface area (Å²) in [6, 6.07) is 2.33. The van der Waals surface area contributed by atoms with Gasteiger partial charge in [0, 0.05) is 12.6 Å². The molecule has 3 heteroatoms. The van der Waals surface area contributed by atoms with Gasteiger partial charge in [0.15, 0.2) is 0 Å². The van der Waals surface area contributed by atoms with E-state index in [1.54, 1.807) is 0 Å². The van der Waals surface area contributed by atoms with E-state index in [0.29, 0.717) is 6.04 Å². The molecule has 0 aliphatic heterocycles. The minimum absolute atomic E-state index is 0.00176. The van der Waals surface area contributed by atoms with Crippen molar-refractivity contribution >= 4 is 5.91 Å². The van der Waals surface area contributed by atoms with E-state index < -0.39 is 0 Å². The van der Waals surface area contributed by atoms with Gasteiger partial charge < -0.3 is 4.90 Å². The van der Waals surface area contributed by atoms with Crippen LogP contribution in [0.25, 0.3) is 0 Å². The summed E-state index contributed by atoms with van der Waals surface area (Å²) in [5, 5.41) is 8.48. The predicted octanol–water partition coefficient (Wildman–Crippen LogP) is 2.08. The molecular weight excluding hydrogens is 176 g/mol. The number of amides is 1. The summed E-state index contributed by atoms with van der Waals surface area (Å²) in [5.74, 6) is 0.00176. The first kappa shape index (κ1) is 11.0. The molecule has 78 valence electrons. The molecule has 1 aliphatic carbocycles. The van der Waals surface area contributed by atoms with Gasteiger partial charge in [-0.05, 0) is 19.8 Å². The summed E-state index contributed by atoms with van der Waals surface area (Å²) >= 11 is 0. The number of nitrogens with zero attached hydrogens (tertiary/aromatic N) is 2. The Kier molecular flexibility index (Phi) is 4.45. The summed E-state index contributed by atoms with van der Waals surface area (Å²) in [7, 11) is 0. The average molecular weight is 194 g/mol. The number of hydrogen-bond donors (Lipinski definition) is 0. The molecule has 1 fully saturated rings. The van der Waals surface area contributed by atoms with Crippen LogP contribution in [-0.2, 0) is 4.79 Å². The van der Waals surface area contributed by atoms with Crippen molar-refractivity contribution in [3.05, 3.63) is 0 Å². The minimum atomic E-state index is 0.00176. The lowest BCUT2D eigenvalue weighted by atomic mass is 9.94. The average Bonchev–Trinajstić information content (AvgIpc) is 2.21. The van der Waals surface area contributed by atoms with Crippen LogP contribution in [0.5, 0.6) is 0 Å². The number of rotatable bonds is 3. The Balaban J connectivity index is 2.51. The van der Waals surface area contributed by atoms with Gasteiger partial charge in [0.25, 0.3) is 0 Å². The van der Waals surface area contributed by atoms with Gasteiger partial charge in [-0.2, -0.15) is 5.26 Å². The Morgan fingerprint density at radius 2 is 2.07 bits per heavy atom. The Morgan fingerprint density at radius 1 is 1.43 bits per heavy atom. The third-order valence-electron chi connectivity index (χ3n) is 2.91. The number of carbonyl (C=O) groups is 1. The predicted molar refractivity (Wildman–Crippen MR) is 54.5 cm³/mol. The maximum absolute atomic E-state index is 11.6. The molecule has 0 N–H and O–H groups in total.